The van der Waals surface area contributed by atoms with Gasteiger partial charge >= 0.3 is 5.97 Å². The largest absolute Gasteiger partial charge is 0.480 e. The van der Waals surface area contributed by atoms with Crippen LogP contribution in [0.25, 0.3) is 0 Å². The van der Waals surface area contributed by atoms with Crippen molar-refractivity contribution in [1.82, 2.24) is 4.81 Å². The maximum atomic E-state index is 11.3. The van der Waals surface area contributed by atoms with Crippen LogP contribution in [0.1, 0.15) is 19.3 Å². The number of carboxylic acids is 1. The fourth-order valence-electron chi connectivity index (χ4n) is 4.45. The van der Waals surface area contributed by atoms with Crippen LogP contribution >= 0.6 is 0 Å². The Labute approximate surface area is 95.3 Å². The molecular formula is C11H16BNO3. The van der Waals surface area contributed by atoms with E-state index in [-0.39, 0.29) is 7.41 Å². The molecular weight excluding hydrogens is 205 g/mol. The highest BCUT2D eigenvalue weighted by molar-refractivity contribution is 6.64. The van der Waals surface area contributed by atoms with Gasteiger partial charge in [-0.1, -0.05) is 0 Å². The summed E-state index contributed by atoms with van der Waals surface area (Å²) < 4.78 is 0. The van der Waals surface area contributed by atoms with Crippen molar-refractivity contribution in [3.05, 3.63) is 0 Å². The van der Waals surface area contributed by atoms with Crippen LogP contribution in [-0.2, 0) is 9.59 Å². The molecule has 0 amide bonds. The van der Waals surface area contributed by atoms with Gasteiger partial charge in [0.05, 0.1) is 6.19 Å². The second-order valence-corrected chi connectivity index (χ2v) is 5.48. The summed E-state index contributed by atoms with van der Waals surface area (Å²) in [5, 5.41) is 9.33. The van der Waals surface area contributed by atoms with Crippen molar-refractivity contribution in [2.45, 2.75) is 25.3 Å². The number of carbonyl (C=O) groups is 2. The van der Waals surface area contributed by atoms with E-state index >= 15 is 0 Å². The van der Waals surface area contributed by atoms with Crippen molar-refractivity contribution in [1.29, 1.82) is 0 Å². The molecule has 5 unspecified atom stereocenters. The summed E-state index contributed by atoms with van der Waals surface area (Å²) in [5.41, 5.74) is 0. The van der Waals surface area contributed by atoms with Crippen LogP contribution < -0.4 is 0 Å². The molecule has 0 aromatic rings. The molecule has 0 aromatic carbocycles. The van der Waals surface area contributed by atoms with E-state index in [0.29, 0.717) is 17.8 Å². The monoisotopic (exact) mass is 221 g/mol. The maximum Gasteiger partial charge on any atom is 0.320 e. The minimum atomic E-state index is -0.734. The Bertz CT molecular complexity index is 335. The lowest BCUT2D eigenvalue weighted by Crippen LogP contribution is -2.43. The third kappa shape index (κ3) is 1.27. The molecule has 2 bridgehead atoms. The van der Waals surface area contributed by atoms with Crippen molar-refractivity contribution in [3.63, 3.8) is 0 Å². The molecule has 0 aromatic heterocycles. The lowest BCUT2D eigenvalue weighted by molar-refractivity contribution is -0.142. The first-order valence-corrected chi connectivity index (χ1v) is 6.13. The van der Waals surface area contributed by atoms with Gasteiger partial charge in [0.15, 0.2) is 0 Å². The Morgan fingerprint density at radius 2 is 2.12 bits per heavy atom. The number of carboxylic acid groups (broad SMARTS) is 1. The standard InChI is InChI=1S/C11H16BNO3/c14-5-12-13-4-8-6-1-2-7(3-6)9(8)10(13)11(15)16/h5-10,12H,1-4H2,(H,15,16). The van der Waals surface area contributed by atoms with Crippen LogP contribution in [0, 0.1) is 23.7 Å². The Hall–Kier alpha value is -0.835. The molecule has 5 atom stereocenters. The predicted octanol–water partition coefficient (Wildman–Crippen LogP) is -0.0408. The van der Waals surface area contributed by atoms with E-state index in [1.807, 2.05) is 4.81 Å². The lowest BCUT2D eigenvalue weighted by atomic mass is 9.78. The molecule has 5 heteroatoms. The third-order valence-corrected chi connectivity index (χ3v) is 4.92. The summed E-state index contributed by atoms with van der Waals surface area (Å²) in [5.74, 6) is 1.46. The van der Waals surface area contributed by atoms with Gasteiger partial charge in [-0.2, -0.15) is 0 Å². The van der Waals surface area contributed by atoms with Gasteiger partial charge in [-0.25, -0.2) is 0 Å². The highest BCUT2D eigenvalue weighted by atomic mass is 16.4. The molecule has 3 aliphatic rings. The molecule has 3 rings (SSSR count). The first-order valence-electron chi connectivity index (χ1n) is 6.13. The van der Waals surface area contributed by atoms with Crippen molar-refractivity contribution in [3.8, 4) is 0 Å². The Morgan fingerprint density at radius 3 is 2.81 bits per heavy atom. The van der Waals surface area contributed by atoms with Gasteiger partial charge in [-0.3, -0.25) is 4.79 Å². The maximum absolute atomic E-state index is 11.3. The molecule has 3 fully saturated rings. The van der Waals surface area contributed by atoms with Crippen molar-refractivity contribution in [2.75, 3.05) is 6.54 Å². The van der Waals surface area contributed by atoms with Gasteiger partial charge in [0, 0.05) is 0 Å². The summed E-state index contributed by atoms with van der Waals surface area (Å²) in [6.45, 7) is 0.821. The van der Waals surface area contributed by atoms with Gasteiger partial charge < -0.3 is 14.7 Å². The van der Waals surface area contributed by atoms with Crippen molar-refractivity contribution in [2.24, 2.45) is 23.7 Å². The van der Waals surface area contributed by atoms with E-state index < -0.39 is 12.0 Å². The smallest absolute Gasteiger partial charge is 0.320 e. The number of rotatable bonds is 3. The Kier molecular flexibility index (Phi) is 2.31. The topological polar surface area (TPSA) is 57.6 Å². The number of hydrogen-bond donors (Lipinski definition) is 1. The number of hydrogen-bond acceptors (Lipinski definition) is 3. The molecule has 0 spiro atoms. The molecule has 86 valence electrons. The molecule has 1 aliphatic heterocycles. The van der Waals surface area contributed by atoms with E-state index in [0.717, 1.165) is 18.6 Å². The second-order valence-electron chi connectivity index (χ2n) is 5.48. The van der Waals surface area contributed by atoms with E-state index in [1.54, 1.807) is 0 Å². The first kappa shape index (κ1) is 10.3. The van der Waals surface area contributed by atoms with E-state index in [4.69, 9.17) is 0 Å². The van der Waals surface area contributed by atoms with Crippen LogP contribution in [0.5, 0.6) is 0 Å². The number of nitrogens with zero attached hydrogens (tertiary/aromatic N) is 1. The average molecular weight is 221 g/mol. The van der Waals surface area contributed by atoms with Gasteiger partial charge in [0.2, 0.25) is 0 Å². The summed E-state index contributed by atoms with van der Waals surface area (Å²) in [4.78, 5) is 23.8. The summed E-state index contributed by atoms with van der Waals surface area (Å²) in [6, 6.07) is -0.398. The van der Waals surface area contributed by atoms with Crippen molar-refractivity contribution < 1.29 is 14.7 Å². The Morgan fingerprint density at radius 1 is 1.38 bits per heavy atom. The quantitative estimate of drug-likeness (QED) is 0.536. The zero-order valence-electron chi connectivity index (χ0n) is 9.21. The predicted molar refractivity (Wildman–Crippen MR) is 59.8 cm³/mol. The molecule has 4 nitrogen and oxygen atoms in total. The zero-order chi connectivity index (χ0) is 11.3. The molecule has 16 heavy (non-hydrogen) atoms. The molecule has 1 heterocycles. The summed E-state index contributed by atoms with van der Waals surface area (Å²) in [6.07, 6.45) is 4.53. The number of aliphatic carboxylic acids is 1. The van der Waals surface area contributed by atoms with Crippen LogP contribution in [0.15, 0.2) is 0 Å². The van der Waals surface area contributed by atoms with Gasteiger partial charge in [0.1, 0.15) is 6.04 Å². The lowest BCUT2D eigenvalue weighted by Gasteiger charge is -2.27. The summed E-state index contributed by atoms with van der Waals surface area (Å²) in [7, 11) is 0.281. The normalized spacial score (nSPS) is 45.6. The number of fused-ring (bicyclic) bond motifs is 5. The van der Waals surface area contributed by atoms with E-state index in [2.05, 4.69) is 0 Å². The van der Waals surface area contributed by atoms with Gasteiger partial charge in [-0.05, 0) is 49.5 Å². The second kappa shape index (κ2) is 3.59. The van der Waals surface area contributed by atoms with E-state index in [1.165, 1.54) is 19.3 Å². The van der Waals surface area contributed by atoms with Gasteiger partial charge in [-0.15, -0.1) is 0 Å². The zero-order valence-corrected chi connectivity index (χ0v) is 9.21. The number of carbonyl (C=O) groups excluding carboxylic acids is 1. The van der Waals surface area contributed by atoms with E-state index in [9.17, 15) is 14.7 Å². The highest BCUT2D eigenvalue weighted by Gasteiger charge is 2.57. The molecule has 0 radical (unpaired) electrons. The molecule has 2 saturated carbocycles. The minimum absolute atomic E-state index is 0.281. The van der Waals surface area contributed by atoms with Crippen molar-refractivity contribution >= 4 is 19.6 Å². The Balaban J connectivity index is 1.86. The van der Waals surface area contributed by atoms with Crippen LogP contribution in [0.3, 0.4) is 0 Å². The van der Waals surface area contributed by atoms with Gasteiger partial charge in [0.25, 0.3) is 7.41 Å². The molecule has 1 saturated heterocycles. The summed E-state index contributed by atoms with van der Waals surface area (Å²) >= 11 is 0. The highest BCUT2D eigenvalue weighted by Crippen LogP contribution is 2.57. The fourth-order valence-corrected chi connectivity index (χ4v) is 4.45. The average Bonchev–Trinajstić information content (AvgIpc) is 2.85. The first-order chi connectivity index (χ1) is 7.72. The third-order valence-electron chi connectivity index (χ3n) is 4.92. The van der Waals surface area contributed by atoms with Crippen LogP contribution in [0.4, 0.5) is 0 Å². The minimum Gasteiger partial charge on any atom is -0.480 e. The SMILES string of the molecule is O=CBN1CC2C3CCC(C3)C2C1C(=O)O. The fraction of sp³-hybridized carbons (Fsp3) is 0.818. The van der Waals surface area contributed by atoms with Crippen LogP contribution in [-0.4, -0.2) is 42.1 Å². The van der Waals surface area contributed by atoms with Crippen LogP contribution in [0.2, 0.25) is 0 Å². The molecule has 2 aliphatic carbocycles. The molecule has 1 N–H and O–H groups in total.